The lowest BCUT2D eigenvalue weighted by Gasteiger charge is -2.29. The normalized spacial score (nSPS) is 13.8. The van der Waals surface area contributed by atoms with Gasteiger partial charge in [0.15, 0.2) is 5.82 Å². The highest BCUT2D eigenvalue weighted by Gasteiger charge is 2.39. The molecule has 4 heterocycles. The van der Waals surface area contributed by atoms with Gasteiger partial charge >= 0.3 is 18.1 Å². The average Bonchev–Trinajstić information content (AvgIpc) is 3.34. The van der Waals surface area contributed by atoms with Crippen LogP contribution >= 0.6 is 11.3 Å². The van der Waals surface area contributed by atoms with Gasteiger partial charge in [-0.25, -0.2) is 20.2 Å². The van der Waals surface area contributed by atoms with Crippen molar-refractivity contribution in [2.45, 2.75) is 39.0 Å². The van der Waals surface area contributed by atoms with Gasteiger partial charge in [0.1, 0.15) is 10.6 Å². The Hall–Kier alpha value is -3.49. The van der Waals surface area contributed by atoms with Gasteiger partial charge in [0.2, 0.25) is 11.6 Å². The van der Waals surface area contributed by atoms with Gasteiger partial charge in [0.25, 0.3) is 0 Å². The second kappa shape index (κ2) is 8.22. The molecule has 0 spiro atoms. The number of carbonyl (C=O) groups excluding carboxylic acids is 2. The Morgan fingerprint density at radius 2 is 2.00 bits per heavy atom. The lowest BCUT2D eigenvalue weighted by molar-refractivity contribution is -0.147. The SMILES string of the molecule is CCCc1cc2c(N3CCn4c(nnc4C(F)(F)F)C3)nc(C(=O)NNC(N)=O)nc2s1. The highest BCUT2D eigenvalue weighted by atomic mass is 32.1. The fourth-order valence-electron chi connectivity index (χ4n) is 3.39. The zero-order chi connectivity index (χ0) is 23.0. The minimum atomic E-state index is -4.60. The Morgan fingerprint density at radius 3 is 2.69 bits per heavy atom. The number of hydrogen-bond acceptors (Lipinski definition) is 8. The van der Waals surface area contributed by atoms with E-state index >= 15 is 0 Å². The lowest BCUT2D eigenvalue weighted by Crippen LogP contribution is -2.45. The molecule has 3 aromatic rings. The van der Waals surface area contributed by atoms with Crippen molar-refractivity contribution in [3.8, 4) is 0 Å². The molecule has 0 aliphatic carbocycles. The van der Waals surface area contributed by atoms with Crippen molar-refractivity contribution in [2.24, 2.45) is 5.73 Å². The molecule has 3 amide bonds. The van der Waals surface area contributed by atoms with E-state index in [-0.39, 0.29) is 31.3 Å². The van der Waals surface area contributed by atoms with E-state index in [1.165, 1.54) is 11.3 Å². The molecule has 15 heteroatoms. The first-order valence-electron chi connectivity index (χ1n) is 9.57. The van der Waals surface area contributed by atoms with Crippen LogP contribution in [0.25, 0.3) is 10.2 Å². The van der Waals surface area contributed by atoms with E-state index in [0.717, 1.165) is 22.3 Å². The largest absolute Gasteiger partial charge is 0.451 e. The van der Waals surface area contributed by atoms with E-state index < -0.39 is 23.9 Å². The summed E-state index contributed by atoms with van der Waals surface area (Å²) < 4.78 is 40.5. The molecule has 0 saturated carbocycles. The fourth-order valence-corrected chi connectivity index (χ4v) is 4.51. The molecule has 0 aromatic carbocycles. The number of fused-ring (bicyclic) bond motifs is 2. The van der Waals surface area contributed by atoms with E-state index in [9.17, 15) is 22.8 Å². The first kappa shape index (κ1) is 21.7. The maximum Gasteiger partial charge on any atom is 0.451 e. The van der Waals surface area contributed by atoms with Crippen LogP contribution in [0.5, 0.6) is 0 Å². The number of rotatable bonds is 4. The number of hydrazine groups is 1. The number of amides is 3. The lowest BCUT2D eigenvalue weighted by atomic mass is 10.2. The monoisotopic (exact) mass is 469 g/mol. The highest BCUT2D eigenvalue weighted by molar-refractivity contribution is 7.18. The zero-order valence-corrected chi connectivity index (χ0v) is 17.5. The number of thiophene rings is 1. The van der Waals surface area contributed by atoms with E-state index in [4.69, 9.17) is 5.73 Å². The number of nitrogens with zero attached hydrogens (tertiary/aromatic N) is 6. The molecule has 0 fully saturated rings. The summed E-state index contributed by atoms with van der Waals surface area (Å²) in [6.07, 6.45) is -2.90. The number of carbonyl (C=O) groups is 2. The third-order valence-electron chi connectivity index (χ3n) is 4.73. The van der Waals surface area contributed by atoms with Crippen molar-refractivity contribution >= 4 is 39.3 Å². The van der Waals surface area contributed by atoms with Gasteiger partial charge in [-0.2, -0.15) is 13.2 Å². The third-order valence-corrected chi connectivity index (χ3v) is 5.82. The number of primary amides is 1. The summed E-state index contributed by atoms with van der Waals surface area (Å²) in [6, 6.07) is 0.958. The molecule has 4 rings (SSSR count). The predicted molar refractivity (Wildman–Crippen MR) is 108 cm³/mol. The van der Waals surface area contributed by atoms with Gasteiger partial charge < -0.3 is 15.2 Å². The molecule has 3 aromatic heterocycles. The molecule has 0 bridgehead atoms. The van der Waals surface area contributed by atoms with Crippen molar-refractivity contribution in [3.63, 3.8) is 0 Å². The molecule has 1 aliphatic rings. The zero-order valence-electron chi connectivity index (χ0n) is 16.7. The Kier molecular flexibility index (Phi) is 5.58. The van der Waals surface area contributed by atoms with Gasteiger partial charge in [0.05, 0.1) is 11.9 Å². The Balaban J connectivity index is 1.72. The minimum absolute atomic E-state index is 0.000607. The molecule has 0 unspecified atom stereocenters. The van der Waals surface area contributed by atoms with Gasteiger partial charge in [-0.1, -0.05) is 13.3 Å². The first-order chi connectivity index (χ1) is 15.2. The summed E-state index contributed by atoms with van der Waals surface area (Å²) in [5, 5.41) is 7.66. The van der Waals surface area contributed by atoms with E-state index in [1.54, 1.807) is 4.90 Å². The number of nitrogens with two attached hydrogens (primary N) is 1. The molecule has 0 atom stereocenters. The minimum Gasteiger partial charge on any atom is -0.350 e. The van der Waals surface area contributed by atoms with E-state index in [0.29, 0.717) is 16.0 Å². The van der Waals surface area contributed by atoms with Crippen molar-refractivity contribution in [1.82, 2.24) is 35.6 Å². The topological polar surface area (TPSA) is 144 Å². The molecular formula is C17H18F3N9O2S. The highest BCUT2D eigenvalue weighted by Crippen LogP contribution is 2.34. The standard InChI is InChI=1S/C17H18F3N9O2S/c1-2-3-8-6-9-12(22-11(23-14(9)32-8)13(30)25-27-16(21)31)28-4-5-29-10(7-28)24-26-15(29)17(18,19)20/h6H,2-5,7H2,1H3,(H,25,30)(H3,21,27,31). The fraction of sp³-hybridized carbons (Fsp3) is 0.412. The van der Waals surface area contributed by atoms with Gasteiger partial charge in [-0.3, -0.25) is 10.2 Å². The number of hydrogen-bond donors (Lipinski definition) is 3. The van der Waals surface area contributed by atoms with Crippen molar-refractivity contribution in [1.29, 1.82) is 0 Å². The predicted octanol–water partition coefficient (Wildman–Crippen LogP) is 1.59. The van der Waals surface area contributed by atoms with E-state index in [1.807, 2.05) is 18.4 Å². The first-order valence-corrected chi connectivity index (χ1v) is 10.4. The summed E-state index contributed by atoms with van der Waals surface area (Å²) >= 11 is 1.40. The summed E-state index contributed by atoms with van der Waals surface area (Å²) in [6.45, 7) is 2.25. The Morgan fingerprint density at radius 1 is 1.22 bits per heavy atom. The number of nitrogens with one attached hydrogen (secondary N) is 2. The molecule has 0 radical (unpaired) electrons. The second-order valence-electron chi connectivity index (χ2n) is 7.01. The maximum atomic E-state index is 13.1. The molecule has 1 aliphatic heterocycles. The van der Waals surface area contributed by atoms with Crippen molar-refractivity contribution < 1.29 is 22.8 Å². The smallest absolute Gasteiger partial charge is 0.350 e. The van der Waals surface area contributed by atoms with Crippen LogP contribution in [0.3, 0.4) is 0 Å². The van der Waals surface area contributed by atoms with Gasteiger partial charge in [-0.15, -0.1) is 21.5 Å². The molecule has 4 N–H and O–H groups in total. The molecule has 0 saturated heterocycles. The van der Waals surface area contributed by atoms with Crippen LogP contribution in [0.1, 0.15) is 40.5 Å². The van der Waals surface area contributed by atoms with Crippen LogP contribution in [0.4, 0.5) is 23.8 Å². The van der Waals surface area contributed by atoms with Gasteiger partial charge in [0, 0.05) is 18.0 Å². The van der Waals surface area contributed by atoms with Crippen molar-refractivity contribution in [2.75, 3.05) is 11.4 Å². The molecule has 170 valence electrons. The van der Waals surface area contributed by atoms with Crippen LogP contribution in [0, 0.1) is 0 Å². The number of alkyl halides is 3. The van der Waals surface area contributed by atoms with Crippen LogP contribution in [-0.4, -0.2) is 43.2 Å². The van der Waals surface area contributed by atoms with Crippen LogP contribution in [0.15, 0.2) is 6.07 Å². The van der Waals surface area contributed by atoms with E-state index in [2.05, 4.69) is 25.6 Å². The van der Waals surface area contributed by atoms with Crippen molar-refractivity contribution in [3.05, 3.63) is 28.4 Å². The average molecular weight is 469 g/mol. The second-order valence-corrected chi connectivity index (χ2v) is 8.12. The molecule has 32 heavy (non-hydrogen) atoms. The summed E-state index contributed by atoms with van der Waals surface area (Å²) in [4.78, 5) is 35.2. The Bertz CT molecular complexity index is 1190. The Labute approximate surface area is 182 Å². The summed E-state index contributed by atoms with van der Waals surface area (Å²) in [7, 11) is 0. The number of aryl methyl sites for hydroxylation is 1. The molecule has 11 nitrogen and oxygen atoms in total. The van der Waals surface area contributed by atoms with Crippen LogP contribution in [-0.2, 0) is 25.7 Å². The van der Waals surface area contributed by atoms with Gasteiger partial charge in [-0.05, 0) is 12.5 Å². The van der Waals surface area contributed by atoms with Crippen LogP contribution < -0.4 is 21.5 Å². The number of anilines is 1. The quantitative estimate of drug-likeness (QED) is 0.492. The number of aromatic nitrogens is 5. The number of halogens is 3. The third kappa shape index (κ3) is 4.15. The summed E-state index contributed by atoms with van der Waals surface area (Å²) in [5.74, 6) is -1.51. The maximum absolute atomic E-state index is 13.1. The molecular weight excluding hydrogens is 451 g/mol. The van der Waals surface area contributed by atoms with Crippen LogP contribution in [0.2, 0.25) is 0 Å². The summed E-state index contributed by atoms with van der Waals surface area (Å²) in [5.41, 5.74) is 9.04. The number of urea groups is 1.